The van der Waals surface area contributed by atoms with E-state index in [2.05, 4.69) is 24.1 Å². The van der Waals surface area contributed by atoms with Gasteiger partial charge >= 0.3 is 0 Å². The molecule has 1 aliphatic heterocycles. The smallest absolute Gasteiger partial charge is 0.240 e. The van der Waals surface area contributed by atoms with Gasteiger partial charge in [0.15, 0.2) is 0 Å². The number of carbonyl (C=O) groups is 1. The largest absolute Gasteiger partial charge is 0.323 e. The Morgan fingerprint density at radius 3 is 2.43 bits per heavy atom. The standard InChI is InChI=1S/C11H20N2O/c1-7-4-5-10(6-7)13-9(3)12-8(2)11(13)14/h7-10,12H,4-6H2,1-3H3. The lowest BCUT2D eigenvalue weighted by atomic mass is 10.1. The molecule has 2 rings (SSSR count). The highest BCUT2D eigenvalue weighted by Crippen LogP contribution is 2.31. The third-order valence-electron chi connectivity index (χ3n) is 3.59. The molecule has 3 heteroatoms. The lowest BCUT2D eigenvalue weighted by Gasteiger charge is -2.28. The lowest BCUT2D eigenvalue weighted by Crippen LogP contribution is -2.41. The Morgan fingerprint density at radius 1 is 1.29 bits per heavy atom. The zero-order valence-corrected chi connectivity index (χ0v) is 9.29. The molecule has 0 aromatic heterocycles. The van der Waals surface area contributed by atoms with Crippen molar-refractivity contribution in [2.45, 2.75) is 58.3 Å². The molecular weight excluding hydrogens is 176 g/mol. The van der Waals surface area contributed by atoms with Gasteiger partial charge < -0.3 is 4.90 Å². The van der Waals surface area contributed by atoms with E-state index in [0.717, 1.165) is 5.92 Å². The third-order valence-corrected chi connectivity index (χ3v) is 3.59. The Balaban J connectivity index is 2.06. The van der Waals surface area contributed by atoms with Crippen molar-refractivity contribution < 1.29 is 4.79 Å². The second-order valence-corrected chi connectivity index (χ2v) is 4.88. The van der Waals surface area contributed by atoms with Crippen LogP contribution in [0.15, 0.2) is 0 Å². The Labute approximate surface area is 85.8 Å². The number of hydrogen-bond donors (Lipinski definition) is 1. The van der Waals surface area contributed by atoms with Crippen LogP contribution < -0.4 is 5.32 Å². The van der Waals surface area contributed by atoms with Gasteiger partial charge in [0.2, 0.25) is 5.91 Å². The highest BCUT2D eigenvalue weighted by Gasteiger charge is 2.39. The second-order valence-electron chi connectivity index (χ2n) is 4.88. The van der Waals surface area contributed by atoms with Gasteiger partial charge in [-0.25, -0.2) is 0 Å². The molecule has 1 saturated carbocycles. The maximum absolute atomic E-state index is 11.9. The fraction of sp³-hybridized carbons (Fsp3) is 0.909. The fourth-order valence-corrected chi connectivity index (χ4v) is 2.85. The number of rotatable bonds is 1. The summed E-state index contributed by atoms with van der Waals surface area (Å²) in [6.45, 7) is 6.32. The summed E-state index contributed by atoms with van der Waals surface area (Å²) in [4.78, 5) is 13.9. The van der Waals surface area contributed by atoms with E-state index in [0.29, 0.717) is 6.04 Å². The van der Waals surface area contributed by atoms with Gasteiger partial charge in [-0.15, -0.1) is 0 Å². The first-order valence-corrected chi connectivity index (χ1v) is 5.68. The highest BCUT2D eigenvalue weighted by atomic mass is 16.2. The zero-order valence-electron chi connectivity index (χ0n) is 9.29. The minimum atomic E-state index is 0.0147. The van der Waals surface area contributed by atoms with Crippen LogP contribution in [0.4, 0.5) is 0 Å². The molecule has 2 aliphatic rings. The van der Waals surface area contributed by atoms with E-state index in [4.69, 9.17) is 0 Å². The van der Waals surface area contributed by atoms with E-state index in [1.165, 1.54) is 19.3 Å². The molecule has 4 atom stereocenters. The van der Waals surface area contributed by atoms with Crippen LogP contribution >= 0.6 is 0 Å². The maximum atomic E-state index is 11.9. The van der Waals surface area contributed by atoms with Crippen molar-refractivity contribution in [1.82, 2.24) is 10.2 Å². The first-order chi connectivity index (χ1) is 6.59. The van der Waals surface area contributed by atoms with Crippen LogP contribution in [0.2, 0.25) is 0 Å². The van der Waals surface area contributed by atoms with Crippen LogP contribution in [-0.2, 0) is 4.79 Å². The van der Waals surface area contributed by atoms with Crippen LogP contribution in [0.25, 0.3) is 0 Å². The van der Waals surface area contributed by atoms with Gasteiger partial charge in [-0.3, -0.25) is 10.1 Å². The van der Waals surface area contributed by atoms with E-state index in [9.17, 15) is 4.79 Å². The second kappa shape index (κ2) is 3.54. The van der Waals surface area contributed by atoms with Gasteiger partial charge in [-0.1, -0.05) is 6.92 Å². The minimum absolute atomic E-state index is 0.0147. The average molecular weight is 196 g/mol. The Bertz CT molecular complexity index is 241. The summed E-state index contributed by atoms with van der Waals surface area (Å²) in [7, 11) is 0. The van der Waals surface area contributed by atoms with Crippen molar-refractivity contribution in [2.24, 2.45) is 5.92 Å². The maximum Gasteiger partial charge on any atom is 0.240 e. The summed E-state index contributed by atoms with van der Waals surface area (Å²) in [5, 5.41) is 3.28. The first-order valence-electron chi connectivity index (χ1n) is 5.68. The van der Waals surface area contributed by atoms with E-state index in [-0.39, 0.29) is 18.1 Å². The summed E-state index contributed by atoms with van der Waals surface area (Å²) in [5.41, 5.74) is 0. The van der Waals surface area contributed by atoms with Gasteiger partial charge in [0.25, 0.3) is 0 Å². The van der Waals surface area contributed by atoms with E-state index < -0.39 is 0 Å². The highest BCUT2D eigenvalue weighted by molar-refractivity contribution is 5.84. The summed E-state index contributed by atoms with van der Waals surface area (Å²) in [5.74, 6) is 1.08. The molecule has 1 heterocycles. The Morgan fingerprint density at radius 2 is 2.00 bits per heavy atom. The predicted octanol–water partition coefficient (Wildman–Crippen LogP) is 1.34. The normalized spacial score (nSPS) is 43.6. The molecule has 0 bridgehead atoms. The monoisotopic (exact) mass is 196 g/mol. The number of nitrogens with one attached hydrogen (secondary N) is 1. The Kier molecular flexibility index (Phi) is 2.52. The third kappa shape index (κ3) is 1.54. The topological polar surface area (TPSA) is 32.3 Å². The van der Waals surface area contributed by atoms with Crippen molar-refractivity contribution in [2.75, 3.05) is 0 Å². The van der Waals surface area contributed by atoms with Gasteiger partial charge in [-0.2, -0.15) is 0 Å². The Hall–Kier alpha value is -0.570. The number of amides is 1. The van der Waals surface area contributed by atoms with Gasteiger partial charge in [-0.05, 0) is 39.0 Å². The predicted molar refractivity (Wildman–Crippen MR) is 55.7 cm³/mol. The fourth-order valence-electron chi connectivity index (χ4n) is 2.85. The quantitative estimate of drug-likeness (QED) is 0.686. The van der Waals surface area contributed by atoms with Gasteiger partial charge in [0, 0.05) is 6.04 Å². The average Bonchev–Trinajstić information content (AvgIpc) is 2.60. The van der Waals surface area contributed by atoms with Gasteiger partial charge in [0.05, 0.1) is 12.2 Å². The van der Waals surface area contributed by atoms with Gasteiger partial charge in [0.1, 0.15) is 0 Å². The first kappa shape index (κ1) is 9.97. The van der Waals surface area contributed by atoms with Crippen molar-refractivity contribution in [3.8, 4) is 0 Å². The number of hydrogen-bond acceptors (Lipinski definition) is 2. The summed E-state index contributed by atoms with van der Waals surface area (Å²) in [6.07, 6.45) is 3.87. The van der Waals surface area contributed by atoms with Crippen LogP contribution in [0.5, 0.6) is 0 Å². The van der Waals surface area contributed by atoms with E-state index in [1.54, 1.807) is 0 Å². The van der Waals surface area contributed by atoms with Crippen LogP contribution in [0.3, 0.4) is 0 Å². The molecule has 1 aliphatic carbocycles. The molecule has 1 saturated heterocycles. The molecule has 2 fully saturated rings. The summed E-state index contributed by atoms with van der Waals surface area (Å²) in [6, 6.07) is 0.505. The summed E-state index contributed by atoms with van der Waals surface area (Å²) < 4.78 is 0. The molecule has 1 N–H and O–H groups in total. The van der Waals surface area contributed by atoms with E-state index >= 15 is 0 Å². The number of carbonyl (C=O) groups excluding carboxylic acids is 1. The van der Waals surface area contributed by atoms with Crippen molar-refractivity contribution >= 4 is 5.91 Å². The van der Waals surface area contributed by atoms with Crippen LogP contribution in [-0.4, -0.2) is 29.1 Å². The molecule has 0 aromatic rings. The van der Waals surface area contributed by atoms with Crippen molar-refractivity contribution in [3.05, 3.63) is 0 Å². The molecular formula is C11H20N2O. The lowest BCUT2D eigenvalue weighted by molar-refractivity contribution is -0.131. The molecule has 1 amide bonds. The molecule has 0 spiro atoms. The molecule has 0 aromatic carbocycles. The SMILES string of the molecule is CC1CCC(N2C(=O)C(C)NC2C)C1. The number of nitrogens with zero attached hydrogens (tertiary/aromatic N) is 1. The molecule has 3 nitrogen and oxygen atoms in total. The van der Waals surface area contributed by atoms with Crippen molar-refractivity contribution in [3.63, 3.8) is 0 Å². The molecule has 0 radical (unpaired) electrons. The van der Waals surface area contributed by atoms with Crippen LogP contribution in [0.1, 0.15) is 40.0 Å². The molecule has 80 valence electrons. The van der Waals surface area contributed by atoms with Crippen molar-refractivity contribution in [1.29, 1.82) is 0 Å². The molecule has 4 unspecified atom stereocenters. The molecule has 14 heavy (non-hydrogen) atoms. The minimum Gasteiger partial charge on any atom is -0.323 e. The van der Waals surface area contributed by atoms with E-state index in [1.807, 2.05) is 6.92 Å². The van der Waals surface area contributed by atoms with Crippen LogP contribution in [0, 0.1) is 5.92 Å². The summed E-state index contributed by atoms with van der Waals surface area (Å²) >= 11 is 0. The zero-order chi connectivity index (χ0) is 10.3.